The van der Waals surface area contributed by atoms with Crippen molar-refractivity contribution in [3.05, 3.63) is 89.5 Å². The number of para-hydroxylation sites is 1. The molecule has 0 saturated carbocycles. The fourth-order valence-electron chi connectivity index (χ4n) is 3.27. The molecule has 0 aliphatic rings. The van der Waals surface area contributed by atoms with E-state index in [1.165, 1.54) is 5.56 Å². The molecule has 0 fully saturated rings. The van der Waals surface area contributed by atoms with Crippen LogP contribution in [-0.4, -0.2) is 37.1 Å². The van der Waals surface area contributed by atoms with E-state index in [1.54, 1.807) is 13.8 Å². The van der Waals surface area contributed by atoms with Crippen molar-refractivity contribution in [2.75, 3.05) is 19.8 Å². The van der Waals surface area contributed by atoms with Gasteiger partial charge in [-0.1, -0.05) is 74.9 Å². The molecular formula is C36H52NO4P. The van der Waals surface area contributed by atoms with Crippen molar-refractivity contribution in [1.29, 1.82) is 0 Å². The van der Waals surface area contributed by atoms with Gasteiger partial charge in [0.25, 0.3) is 0 Å². The standard InChI is InChI=1S/C13H17NO.C9H11OP.C9H12O.C5H12O/c1-9(2)10(3)14-13-8-6-5-7-12(13)11(4)15;1-7(10)5-8-3-2-4-9(11)6-8;1-3-10-9-6-4-8(2)5-7-9;1-3-5-6-4-2/h5-9H,1-4H3;2-4,6H,5,11H2,1H3;4-7H,3H2,1-2H3;3-5H2,1-2H3. The number of rotatable bonds is 10. The molecule has 0 saturated heterocycles. The maximum Gasteiger partial charge on any atom is 0.161 e. The lowest BCUT2D eigenvalue weighted by Gasteiger charge is -2.06. The number of benzene rings is 3. The van der Waals surface area contributed by atoms with Crippen LogP contribution in [0.25, 0.3) is 0 Å². The van der Waals surface area contributed by atoms with E-state index in [1.807, 2.05) is 93.6 Å². The fraction of sp³-hybridized carbons (Fsp3) is 0.417. The van der Waals surface area contributed by atoms with Gasteiger partial charge in [0.1, 0.15) is 11.5 Å². The van der Waals surface area contributed by atoms with Gasteiger partial charge in [-0.15, -0.1) is 9.24 Å². The Kier molecular flexibility index (Phi) is 21.7. The smallest absolute Gasteiger partial charge is 0.161 e. The van der Waals surface area contributed by atoms with Crippen molar-refractivity contribution in [1.82, 2.24) is 0 Å². The van der Waals surface area contributed by atoms with E-state index in [4.69, 9.17) is 9.47 Å². The summed E-state index contributed by atoms with van der Waals surface area (Å²) < 4.78 is 10.2. The minimum absolute atomic E-state index is 0.0610. The highest BCUT2D eigenvalue weighted by atomic mass is 31.0. The van der Waals surface area contributed by atoms with Gasteiger partial charge >= 0.3 is 0 Å². The molecule has 3 rings (SSSR count). The van der Waals surface area contributed by atoms with Gasteiger partial charge in [-0.3, -0.25) is 14.6 Å². The van der Waals surface area contributed by atoms with Gasteiger partial charge in [0, 0.05) is 30.9 Å². The maximum absolute atomic E-state index is 11.3. The summed E-state index contributed by atoms with van der Waals surface area (Å²) >= 11 is 0. The Hall–Kier alpha value is -3.14. The molecule has 0 N–H and O–H groups in total. The SMILES string of the molecule is CC(=O)Cc1cccc(P)c1.CC(=O)c1ccccc1N=C(C)C(C)C.CCCOCC.CCOc1ccc(C)cc1. The fourth-order valence-corrected chi connectivity index (χ4v) is 3.59. The molecule has 0 aliphatic heterocycles. The van der Waals surface area contributed by atoms with E-state index in [0.29, 0.717) is 17.9 Å². The Bertz CT molecular complexity index is 1200. The van der Waals surface area contributed by atoms with Gasteiger partial charge < -0.3 is 9.47 Å². The minimum Gasteiger partial charge on any atom is -0.494 e. The van der Waals surface area contributed by atoms with E-state index in [0.717, 1.165) is 54.3 Å². The summed E-state index contributed by atoms with van der Waals surface area (Å²) in [5.74, 6) is 1.63. The van der Waals surface area contributed by atoms with E-state index in [9.17, 15) is 9.59 Å². The number of ether oxygens (including phenoxy) is 2. The first kappa shape index (κ1) is 38.9. The monoisotopic (exact) mass is 593 g/mol. The predicted molar refractivity (Wildman–Crippen MR) is 183 cm³/mol. The number of carbonyl (C=O) groups excluding carboxylic acids is 2. The number of hydrogen-bond acceptors (Lipinski definition) is 5. The second-order valence-electron chi connectivity index (χ2n) is 10.0. The van der Waals surface area contributed by atoms with Gasteiger partial charge in [-0.2, -0.15) is 0 Å². The van der Waals surface area contributed by atoms with Crippen molar-refractivity contribution in [3.8, 4) is 5.75 Å². The van der Waals surface area contributed by atoms with E-state index in [2.05, 4.69) is 41.9 Å². The molecule has 0 radical (unpaired) electrons. The molecule has 0 aromatic heterocycles. The number of carbonyl (C=O) groups is 2. The van der Waals surface area contributed by atoms with Crippen LogP contribution >= 0.6 is 9.24 Å². The first-order valence-corrected chi connectivity index (χ1v) is 15.3. The van der Waals surface area contributed by atoms with Crippen molar-refractivity contribution >= 4 is 37.5 Å². The average Bonchev–Trinajstić information content (AvgIpc) is 2.94. The number of ketones is 2. The Morgan fingerprint density at radius 1 is 0.857 bits per heavy atom. The highest BCUT2D eigenvalue weighted by Crippen LogP contribution is 2.20. The van der Waals surface area contributed by atoms with Crippen LogP contribution in [0.2, 0.25) is 0 Å². The minimum atomic E-state index is 0.0610. The topological polar surface area (TPSA) is 65.0 Å². The van der Waals surface area contributed by atoms with Crippen LogP contribution in [0.1, 0.15) is 83.3 Å². The predicted octanol–water partition coefficient (Wildman–Crippen LogP) is 8.78. The maximum atomic E-state index is 11.3. The Morgan fingerprint density at radius 3 is 1.98 bits per heavy atom. The lowest BCUT2D eigenvalue weighted by atomic mass is 10.1. The molecule has 42 heavy (non-hydrogen) atoms. The number of aliphatic imine (C=N–C) groups is 1. The molecule has 0 amide bonds. The van der Waals surface area contributed by atoms with Gasteiger partial charge in [-0.05, 0) is 89.0 Å². The lowest BCUT2D eigenvalue weighted by molar-refractivity contribution is -0.116. The third-order valence-electron chi connectivity index (χ3n) is 5.70. The van der Waals surface area contributed by atoms with Crippen molar-refractivity contribution in [2.45, 2.75) is 75.2 Å². The van der Waals surface area contributed by atoms with Crippen molar-refractivity contribution < 1.29 is 19.1 Å². The molecule has 3 aromatic rings. The summed E-state index contributed by atoms with van der Waals surface area (Å²) in [5, 5.41) is 1.13. The van der Waals surface area contributed by atoms with Gasteiger partial charge in [0.15, 0.2) is 5.78 Å². The van der Waals surface area contributed by atoms with Crippen LogP contribution in [0.3, 0.4) is 0 Å². The molecule has 0 bridgehead atoms. The van der Waals surface area contributed by atoms with Crippen LogP contribution in [0, 0.1) is 12.8 Å². The van der Waals surface area contributed by atoms with Crippen LogP contribution in [0.15, 0.2) is 77.8 Å². The summed E-state index contributed by atoms with van der Waals surface area (Å²) in [6.07, 6.45) is 1.68. The molecule has 1 atom stereocenters. The zero-order chi connectivity index (χ0) is 31.9. The van der Waals surface area contributed by atoms with Gasteiger partial charge in [0.05, 0.1) is 12.3 Å². The van der Waals surface area contributed by atoms with Crippen LogP contribution < -0.4 is 10.0 Å². The van der Waals surface area contributed by atoms with Crippen molar-refractivity contribution in [2.24, 2.45) is 10.9 Å². The second-order valence-corrected chi connectivity index (χ2v) is 10.7. The van der Waals surface area contributed by atoms with Gasteiger partial charge in [0.2, 0.25) is 0 Å². The Balaban J connectivity index is 0.000000558. The number of hydrogen-bond donors (Lipinski definition) is 0. The zero-order valence-corrected chi connectivity index (χ0v) is 28.4. The second kappa shape index (κ2) is 23.4. The van der Waals surface area contributed by atoms with Crippen molar-refractivity contribution in [3.63, 3.8) is 0 Å². The highest BCUT2D eigenvalue weighted by Gasteiger charge is 2.06. The summed E-state index contributed by atoms with van der Waals surface area (Å²) in [5.41, 5.74) is 4.87. The molecular weight excluding hydrogens is 541 g/mol. The summed E-state index contributed by atoms with van der Waals surface area (Å²) in [4.78, 5) is 26.5. The first-order chi connectivity index (χ1) is 19.9. The molecule has 6 heteroatoms. The molecule has 230 valence electrons. The molecule has 0 aliphatic carbocycles. The Morgan fingerprint density at radius 2 is 1.50 bits per heavy atom. The van der Waals surface area contributed by atoms with Crippen LogP contribution in [0.5, 0.6) is 5.75 Å². The number of nitrogens with zero attached hydrogens (tertiary/aromatic N) is 1. The third-order valence-corrected chi connectivity index (χ3v) is 6.06. The highest BCUT2D eigenvalue weighted by molar-refractivity contribution is 7.27. The quantitative estimate of drug-likeness (QED) is 0.102. The van der Waals surface area contributed by atoms with E-state index in [-0.39, 0.29) is 11.6 Å². The summed E-state index contributed by atoms with van der Waals surface area (Å²) in [7, 11) is 2.61. The lowest BCUT2D eigenvalue weighted by Crippen LogP contribution is -2.02. The largest absolute Gasteiger partial charge is 0.494 e. The number of Topliss-reactive ketones (excluding diaryl/α,β-unsaturated/α-hetero) is 2. The van der Waals surface area contributed by atoms with E-state index < -0.39 is 0 Å². The van der Waals surface area contributed by atoms with Gasteiger partial charge in [-0.25, -0.2) is 0 Å². The Labute approximate surface area is 257 Å². The van der Waals surface area contributed by atoms with E-state index >= 15 is 0 Å². The molecule has 0 heterocycles. The average molecular weight is 594 g/mol. The summed E-state index contributed by atoms with van der Waals surface area (Å²) in [6.45, 7) is 20.0. The summed E-state index contributed by atoms with van der Waals surface area (Å²) in [6, 6.07) is 23.4. The third kappa shape index (κ3) is 19.1. The molecule has 1 unspecified atom stereocenters. The molecule has 3 aromatic carbocycles. The number of aryl methyl sites for hydroxylation is 1. The molecule has 5 nitrogen and oxygen atoms in total. The van der Waals surface area contributed by atoms with Crippen LogP contribution in [0.4, 0.5) is 5.69 Å². The normalized spacial score (nSPS) is 10.3. The first-order valence-electron chi connectivity index (χ1n) is 14.7. The molecule has 0 spiro atoms. The zero-order valence-electron chi connectivity index (χ0n) is 27.2. The van der Waals surface area contributed by atoms with Crippen LogP contribution in [-0.2, 0) is 16.0 Å².